The van der Waals surface area contributed by atoms with Crippen molar-refractivity contribution in [3.8, 4) is 0 Å². The minimum atomic E-state index is -0.737. The van der Waals surface area contributed by atoms with E-state index in [0.29, 0.717) is 17.3 Å². The van der Waals surface area contributed by atoms with E-state index in [4.69, 9.17) is 11.6 Å². The predicted molar refractivity (Wildman–Crippen MR) is 72.9 cm³/mol. The average Bonchev–Trinajstić information content (AvgIpc) is 2.68. The molecule has 2 aromatic rings. The number of aliphatic hydroxyl groups is 1. The SMILES string of the molecule is CCn1ncc(Cl)c1C(O)c1cc(C)cc(C)c1. The third-order valence-corrected chi connectivity index (χ3v) is 3.24. The van der Waals surface area contributed by atoms with Crippen LogP contribution in [0.25, 0.3) is 0 Å². The summed E-state index contributed by atoms with van der Waals surface area (Å²) >= 11 is 6.10. The van der Waals surface area contributed by atoms with E-state index in [1.807, 2.05) is 32.9 Å². The lowest BCUT2D eigenvalue weighted by Gasteiger charge is -2.15. The zero-order valence-electron chi connectivity index (χ0n) is 10.8. The normalized spacial score (nSPS) is 12.7. The van der Waals surface area contributed by atoms with Crippen molar-refractivity contribution in [1.29, 1.82) is 0 Å². The Balaban J connectivity index is 2.47. The summed E-state index contributed by atoms with van der Waals surface area (Å²) in [4.78, 5) is 0. The van der Waals surface area contributed by atoms with Crippen LogP contribution in [0.1, 0.15) is 35.4 Å². The van der Waals surface area contributed by atoms with Crippen LogP contribution in [-0.2, 0) is 6.54 Å². The lowest BCUT2D eigenvalue weighted by atomic mass is 10.0. The molecule has 0 aliphatic rings. The van der Waals surface area contributed by atoms with E-state index in [2.05, 4.69) is 11.2 Å². The molecular formula is C14H17ClN2O. The highest BCUT2D eigenvalue weighted by molar-refractivity contribution is 6.31. The number of aliphatic hydroxyl groups excluding tert-OH is 1. The predicted octanol–water partition coefficient (Wildman–Crippen LogP) is 3.25. The molecule has 2 rings (SSSR count). The molecule has 0 aliphatic heterocycles. The van der Waals surface area contributed by atoms with Crippen LogP contribution in [0.4, 0.5) is 0 Å². The zero-order chi connectivity index (χ0) is 13.3. The Morgan fingerprint density at radius 3 is 2.44 bits per heavy atom. The van der Waals surface area contributed by atoms with Crippen LogP contribution < -0.4 is 0 Å². The summed E-state index contributed by atoms with van der Waals surface area (Å²) in [6, 6.07) is 6.02. The molecule has 1 atom stereocenters. The Labute approximate surface area is 112 Å². The maximum atomic E-state index is 10.5. The highest BCUT2D eigenvalue weighted by Gasteiger charge is 2.19. The Morgan fingerprint density at radius 2 is 1.89 bits per heavy atom. The first-order valence-electron chi connectivity index (χ1n) is 6.00. The van der Waals surface area contributed by atoms with Crippen molar-refractivity contribution in [2.75, 3.05) is 0 Å². The molecule has 0 radical (unpaired) electrons. The maximum absolute atomic E-state index is 10.5. The van der Waals surface area contributed by atoms with Crippen molar-refractivity contribution in [2.45, 2.75) is 33.4 Å². The molecule has 1 aromatic heterocycles. The molecule has 3 nitrogen and oxygen atoms in total. The minimum absolute atomic E-state index is 0.503. The molecule has 0 aliphatic carbocycles. The Bertz CT molecular complexity index is 543. The van der Waals surface area contributed by atoms with E-state index in [1.54, 1.807) is 10.9 Å². The van der Waals surface area contributed by atoms with Crippen LogP contribution >= 0.6 is 11.6 Å². The van der Waals surface area contributed by atoms with Crippen molar-refractivity contribution in [2.24, 2.45) is 0 Å². The van der Waals surface area contributed by atoms with Gasteiger partial charge in [-0.2, -0.15) is 5.10 Å². The molecule has 0 amide bonds. The Morgan fingerprint density at radius 1 is 1.28 bits per heavy atom. The number of hydrogen-bond acceptors (Lipinski definition) is 2. The summed E-state index contributed by atoms with van der Waals surface area (Å²) in [5.41, 5.74) is 3.76. The summed E-state index contributed by atoms with van der Waals surface area (Å²) in [6.07, 6.45) is 0.838. The van der Waals surface area contributed by atoms with Crippen LogP contribution in [0, 0.1) is 13.8 Å². The standard InChI is InChI=1S/C14H17ClN2O/c1-4-17-13(12(15)8-16-17)14(18)11-6-9(2)5-10(3)7-11/h5-8,14,18H,4H2,1-3H3. The van der Waals surface area contributed by atoms with Crippen molar-refractivity contribution in [1.82, 2.24) is 9.78 Å². The van der Waals surface area contributed by atoms with Gasteiger partial charge in [0.15, 0.2) is 0 Å². The summed E-state index contributed by atoms with van der Waals surface area (Å²) in [5, 5.41) is 15.1. The van der Waals surface area contributed by atoms with E-state index in [9.17, 15) is 5.11 Å². The molecule has 4 heteroatoms. The quantitative estimate of drug-likeness (QED) is 0.924. The molecule has 0 fully saturated rings. The zero-order valence-corrected chi connectivity index (χ0v) is 11.6. The van der Waals surface area contributed by atoms with Crippen molar-refractivity contribution >= 4 is 11.6 Å². The van der Waals surface area contributed by atoms with Gasteiger partial charge in [0, 0.05) is 6.54 Å². The number of benzene rings is 1. The largest absolute Gasteiger partial charge is 0.382 e. The fourth-order valence-corrected chi connectivity index (χ4v) is 2.47. The number of aromatic nitrogens is 2. The monoisotopic (exact) mass is 264 g/mol. The first-order chi connectivity index (χ1) is 8.52. The molecule has 18 heavy (non-hydrogen) atoms. The van der Waals surface area contributed by atoms with Gasteiger partial charge < -0.3 is 5.11 Å². The van der Waals surface area contributed by atoms with Crippen molar-refractivity contribution < 1.29 is 5.11 Å². The van der Waals surface area contributed by atoms with E-state index >= 15 is 0 Å². The molecule has 0 bridgehead atoms. The van der Waals surface area contributed by atoms with E-state index < -0.39 is 6.10 Å². The molecule has 0 saturated carbocycles. The fraction of sp³-hybridized carbons (Fsp3) is 0.357. The van der Waals surface area contributed by atoms with Gasteiger partial charge in [-0.1, -0.05) is 40.9 Å². The van der Waals surface area contributed by atoms with Gasteiger partial charge in [-0.15, -0.1) is 0 Å². The second-order valence-corrected chi connectivity index (χ2v) is 4.92. The highest BCUT2D eigenvalue weighted by Crippen LogP contribution is 2.29. The lowest BCUT2D eigenvalue weighted by molar-refractivity contribution is 0.208. The van der Waals surface area contributed by atoms with Crippen molar-refractivity contribution in [3.63, 3.8) is 0 Å². The molecule has 1 unspecified atom stereocenters. The van der Waals surface area contributed by atoms with Gasteiger partial charge in [-0.25, -0.2) is 0 Å². The van der Waals surface area contributed by atoms with Crippen molar-refractivity contribution in [3.05, 3.63) is 51.8 Å². The number of rotatable bonds is 3. The second kappa shape index (κ2) is 5.12. The highest BCUT2D eigenvalue weighted by atomic mass is 35.5. The van der Waals surface area contributed by atoms with E-state index in [1.165, 1.54) is 0 Å². The van der Waals surface area contributed by atoms with Crippen LogP contribution in [0.15, 0.2) is 24.4 Å². The molecule has 0 spiro atoms. The van der Waals surface area contributed by atoms with Crippen LogP contribution in [0.2, 0.25) is 5.02 Å². The van der Waals surface area contributed by atoms with Gasteiger partial charge in [-0.05, 0) is 26.3 Å². The van der Waals surface area contributed by atoms with Gasteiger partial charge in [0.2, 0.25) is 0 Å². The second-order valence-electron chi connectivity index (χ2n) is 4.52. The molecule has 1 N–H and O–H groups in total. The molecule has 1 aromatic carbocycles. The van der Waals surface area contributed by atoms with Crippen LogP contribution in [0.3, 0.4) is 0 Å². The van der Waals surface area contributed by atoms with Crippen LogP contribution in [-0.4, -0.2) is 14.9 Å². The smallest absolute Gasteiger partial charge is 0.122 e. The number of halogens is 1. The van der Waals surface area contributed by atoms with Crippen LogP contribution in [0.5, 0.6) is 0 Å². The molecular weight excluding hydrogens is 248 g/mol. The maximum Gasteiger partial charge on any atom is 0.122 e. The first kappa shape index (κ1) is 13.1. The molecule has 96 valence electrons. The van der Waals surface area contributed by atoms with E-state index in [0.717, 1.165) is 16.7 Å². The van der Waals surface area contributed by atoms with Gasteiger partial charge in [0.25, 0.3) is 0 Å². The summed E-state index contributed by atoms with van der Waals surface area (Å²) < 4.78 is 1.73. The number of hydrogen-bond donors (Lipinski definition) is 1. The summed E-state index contributed by atoms with van der Waals surface area (Å²) in [6.45, 7) is 6.69. The van der Waals surface area contributed by atoms with E-state index in [-0.39, 0.29) is 0 Å². The summed E-state index contributed by atoms with van der Waals surface area (Å²) in [5.74, 6) is 0. The fourth-order valence-electron chi connectivity index (χ4n) is 2.22. The Kier molecular flexibility index (Phi) is 3.73. The molecule has 0 saturated heterocycles. The first-order valence-corrected chi connectivity index (χ1v) is 6.38. The number of aryl methyl sites for hydroxylation is 3. The minimum Gasteiger partial charge on any atom is -0.382 e. The van der Waals surface area contributed by atoms with Gasteiger partial charge in [0.05, 0.1) is 16.9 Å². The van der Waals surface area contributed by atoms with Gasteiger partial charge in [0.1, 0.15) is 6.10 Å². The number of nitrogens with zero attached hydrogens (tertiary/aromatic N) is 2. The molecule has 1 heterocycles. The van der Waals surface area contributed by atoms with Gasteiger partial charge >= 0.3 is 0 Å². The van der Waals surface area contributed by atoms with Gasteiger partial charge in [-0.3, -0.25) is 4.68 Å². The third-order valence-electron chi connectivity index (χ3n) is 2.95. The average molecular weight is 265 g/mol. The summed E-state index contributed by atoms with van der Waals surface area (Å²) in [7, 11) is 0. The lowest BCUT2D eigenvalue weighted by Crippen LogP contribution is -2.10. The topological polar surface area (TPSA) is 38.0 Å². The Hall–Kier alpha value is -1.32. The third kappa shape index (κ3) is 2.42.